The molecule has 1 aromatic carbocycles. The monoisotopic (exact) mass is 325 g/mol. The molecule has 0 aliphatic carbocycles. The van der Waals surface area contributed by atoms with Crippen LogP contribution < -0.4 is 5.32 Å². The molecular weight excluding hydrogens is 311 g/mol. The normalized spacial score (nSPS) is 13.4. The molecule has 6 heteroatoms. The average molecular weight is 326 g/mol. The molecular formula is C12H15BrF3NO. The molecule has 0 aromatic heterocycles. The van der Waals surface area contributed by atoms with Crippen LogP contribution in [0.25, 0.3) is 0 Å². The van der Waals surface area contributed by atoms with E-state index in [-0.39, 0.29) is 5.69 Å². The molecule has 1 unspecified atom stereocenters. The summed E-state index contributed by atoms with van der Waals surface area (Å²) < 4.78 is 38.7. The third-order valence-corrected chi connectivity index (χ3v) is 3.04. The Hall–Kier alpha value is -0.750. The molecule has 18 heavy (non-hydrogen) atoms. The summed E-state index contributed by atoms with van der Waals surface area (Å²) in [6, 6.07) is 3.97. The van der Waals surface area contributed by atoms with E-state index in [9.17, 15) is 18.3 Å². The van der Waals surface area contributed by atoms with E-state index in [1.165, 1.54) is 6.07 Å². The van der Waals surface area contributed by atoms with Gasteiger partial charge in [-0.25, -0.2) is 0 Å². The number of halogens is 4. The fourth-order valence-corrected chi connectivity index (χ4v) is 1.84. The van der Waals surface area contributed by atoms with Crippen molar-refractivity contribution in [1.29, 1.82) is 0 Å². The Morgan fingerprint density at radius 1 is 1.39 bits per heavy atom. The number of benzene rings is 1. The van der Waals surface area contributed by atoms with Gasteiger partial charge in [-0.1, -0.05) is 22.9 Å². The van der Waals surface area contributed by atoms with Gasteiger partial charge in [-0.05, 0) is 31.0 Å². The van der Waals surface area contributed by atoms with Gasteiger partial charge < -0.3 is 10.4 Å². The second kappa shape index (κ2) is 6.43. The van der Waals surface area contributed by atoms with Crippen molar-refractivity contribution in [3.05, 3.63) is 28.2 Å². The van der Waals surface area contributed by atoms with E-state index < -0.39 is 17.8 Å². The summed E-state index contributed by atoms with van der Waals surface area (Å²) in [5.74, 6) is 0. The lowest BCUT2D eigenvalue weighted by molar-refractivity contribution is -0.137. The van der Waals surface area contributed by atoms with E-state index in [0.29, 0.717) is 23.9 Å². The van der Waals surface area contributed by atoms with Crippen molar-refractivity contribution >= 4 is 21.6 Å². The minimum Gasteiger partial charge on any atom is -0.393 e. The number of hydrogen-bond acceptors (Lipinski definition) is 2. The molecule has 1 atom stereocenters. The van der Waals surface area contributed by atoms with Crippen molar-refractivity contribution in [1.82, 2.24) is 0 Å². The molecule has 0 heterocycles. The van der Waals surface area contributed by atoms with Gasteiger partial charge in [0.25, 0.3) is 0 Å². The van der Waals surface area contributed by atoms with Crippen LogP contribution in [0.5, 0.6) is 0 Å². The van der Waals surface area contributed by atoms with E-state index in [2.05, 4.69) is 21.2 Å². The molecule has 0 amide bonds. The van der Waals surface area contributed by atoms with Gasteiger partial charge in [0, 0.05) is 16.7 Å². The molecule has 0 spiro atoms. The zero-order valence-electron chi connectivity index (χ0n) is 9.89. The predicted molar refractivity (Wildman–Crippen MR) is 68.5 cm³/mol. The molecule has 0 aliphatic heterocycles. The third-order valence-electron chi connectivity index (χ3n) is 2.55. The fraction of sp³-hybridized carbons (Fsp3) is 0.500. The van der Waals surface area contributed by atoms with Gasteiger partial charge in [-0.15, -0.1) is 0 Å². The first-order chi connectivity index (χ1) is 8.34. The molecule has 102 valence electrons. The molecule has 0 saturated heterocycles. The Morgan fingerprint density at radius 2 is 2.06 bits per heavy atom. The minimum atomic E-state index is -4.39. The first-order valence-corrected chi connectivity index (χ1v) is 6.42. The second-order valence-corrected chi connectivity index (χ2v) is 4.88. The second-order valence-electron chi connectivity index (χ2n) is 3.97. The summed E-state index contributed by atoms with van der Waals surface area (Å²) in [5.41, 5.74) is -0.670. The standard InChI is InChI=1S/C12H15BrF3NO/c1-2-9(18)5-6-17-11-4-3-8(13)7-10(11)12(14,15)16/h3-4,7,9,17-18H,2,5-6H2,1H3. The summed E-state index contributed by atoms with van der Waals surface area (Å²) in [4.78, 5) is 0. The Kier molecular flexibility index (Phi) is 5.47. The van der Waals surface area contributed by atoms with Crippen LogP contribution in [0, 0.1) is 0 Å². The Labute approximate surface area is 112 Å². The summed E-state index contributed by atoms with van der Waals surface area (Å²) in [6.45, 7) is 2.13. The molecule has 0 aliphatic rings. The molecule has 2 nitrogen and oxygen atoms in total. The van der Waals surface area contributed by atoms with Gasteiger partial charge in [-0.3, -0.25) is 0 Å². The topological polar surface area (TPSA) is 32.3 Å². The number of aliphatic hydroxyl groups excluding tert-OH is 1. The lowest BCUT2D eigenvalue weighted by atomic mass is 10.1. The Balaban J connectivity index is 2.76. The van der Waals surface area contributed by atoms with Gasteiger partial charge in [0.2, 0.25) is 0 Å². The highest BCUT2D eigenvalue weighted by atomic mass is 79.9. The average Bonchev–Trinajstić information content (AvgIpc) is 2.29. The summed E-state index contributed by atoms with van der Waals surface area (Å²) in [7, 11) is 0. The zero-order valence-corrected chi connectivity index (χ0v) is 11.5. The molecule has 1 aromatic rings. The van der Waals surface area contributed by atoms with Gasteiger partial charge in [0.05, 0.1) is 11.7 Å². The van der Waals surface area contributed by atoms with Crippen molar-refractivity contribution < 1.29 is 18.3 Å². The van der Waals surface area contributed by atoms with Gasteiger partial charge in [0.1, 0.15) is 0 Å². The van der Waals surface area contributed by atoms with Crippen LogP contribution in [0.2, 0.25) is 0 Å². The van der Waals surface area contributed by atoms with Crippen LogP contribution in [0.15, 0.2) is 22.7 Å². The van der Waals surface area contributed by atoms with Crippen molar-refractivity contribution in [2.24, 2.45) is 0 Å². The summed E-state index contributed by atoms with van der Waals surface area (Å²) >= 11 is 3.02. The third kappa shape index (κ3) is 4.49. The number of anilines is 1. The van der Waals surface area contributed by atoms with Gasteiger partial charge in [0.15, 0.2) is 0 Å². The van der Waals surface area contributed by atoms with E-state index in [1.807, 2.05) is 6.92 Å². The van der Waals surface area contributed by atoms with Crippen LogP contribution >= 0.6 is 15.9 Å². The SMILES string of the molecule is CCC(O)CCNc1ccc(Br)cc1C(F)(F)F. The van der Waals surface area contributed by atoms with E-state index in [4.69, 9.17) is 0 Å². The molecule has 1 rings (SSSR count). The van der Waals surface area contributed by atoms with Crippen molar-refractivity contribution in [2.75, 3.05) is 11.9 Å². The quantitative estimate of drug-likeness (QED) is 0.856. The summed E-state index contributed by atoms with van der Waals surface area (Å²) in [5, 5.41) is 12.1. The predicted octanol–water partition coefficient (Wildman–Crippen LogP) is 4.04. The molecule has 0 fully saturated rings. The zero-order chi connectivity index (χ0) is 13.8. The maximum absolute atomic E-state index is 12.8. The highest BCUT2D eigenvalue weighted by Gasteiger charge is 2.33. The number of nitrogens with one attached hydrogen (secondary N) is 1. The maximum atomic E-state index is 12.8. The number of hydrogen-bond donors (Lipinski definition) is 2. The summed E-state index contributed by atoms with van der Waals surface area (Å²) in [6.07, 6.45) is -3.87. The number of aliphatic hydroxyl groups is 1. The van der Waals surface area contributed by atoms with Crippen molar-refractivity contribution in [3.8, 4) is 0 Å². The van der Waals surface area contributed by atoms with Crippen molar-refractivity contribution in [2.45, 2.75) is 32.0 Å². The molecule has 2 N–H and O–H groups in total. The lowest BCUT2D eigenvalue weighted by Gasteiger charge is -2.16. The van der Waals surface area contributed by atoms with Crippen LogP contribution in [0.4, 0.5) is 18.9 Å². The fourth-order valence-electron chi connectivity index (χ4n) is 1.48. The van der Waals surface area contributed by atoms with Crippen molar-refractivity contribution in [3.63, 3.8) is 0 Å². The first-order valence-electron chi connectivity index (χ1n) is 5.63. The highest BCUT2D eigenvalue weighted by Crippen LogP contribution is 2.36. The van der Waals surface area contributed by atoms with E-state index >= 15 is 0 Å². The molecule has 0 radical (unpaired) electrons. The molecule has 0 saturated carbocycles. The Bertz CT molecular complexity index is 395. The first kappa shape index (κ1) is 15.3. The van der Waals surface area contributed by atoms with Crippen LogP contribution in [-0.4, -0.2) is 17.8 Å². The van der Waals surface area contributed by atoms with Gasteiger partial charge in [-0.2, -0.15) is 13.2 Å². The van der Waals surface area contributed by atoms with Crippen LogP contribution in [0.3, 0.4) is 0 Å². The van der Waals surface area contributed by atoms with E-state index in [1.54, 1.807) is 6.07 Å². The molecule has 0 bridgehead atoms. The Morgan fingerprint density at radius 3 is 2.61 bits per heavy atom. The number of rotatable bonds is 5. The minimum absolute atomic E-state index is 0.0361. The van der Waals surface area contributed by atoms with Crippen LogP contribution in [0.1, 0.15) is 25.3 Å². The largest absolute Gasteiger partial charge is 0.418 e. The highest BCUT2D eigenvalue weighted by molar-refractivity contribution is 9.10. The lowest BCUT2D eigenvalue weighted by Crippen LogP contribution is -2.15. The number of alkyl halides is 3. The van der Waals surface area contributed by atoms with E-state index in [0.717, 1.165) is 6.07 Å². The smallest absolute Gasteiger partial charge is 0.393 e. The van der Waals surface area contributed by atoms with Crippen LogP contribution in [-0.2, 0) is 6.18 Å². The van der Waals surface area contributed by atoms with Gasteiger partial charge >= 0.3 is 6.18 Å². The maximum Gasteiger partial charge on any atom is 0.418 e.